The van der Waals surface area contributed by atoms with Gasteiger partial charge in [0.05, 0.1) is 16.1 Å². The number of nitrogens with zero attached hydrogens (tertiary/aromatic N) is 1. The van der Waals surface area contributed by atoms with Crippen LogP contribution in [0.1, 0.15) is 30.5 Å². The second-order valence-corrected chi connectivity index (χ2v) is 10.4. The van der Waals surface area contributed by atoms with Crippen LogP contribution in [0.4, 0.5) is 32.0 Å². The van der Waals surface area contributed by atoms with Gasteiger partial charge < -0.3 is 5.11 Å². The van der Waals surface area contributed by atoms with Crippen LogP contribution < -0.4 is 4.31 Å². The van der Waals surface area contributed by atoms with Gasteiger partial charge in [-0.05, 0) is 53.4 Å². The highest BCUT2D eigenvalue weighted by atomic mass is 32.2. The van der Waals surface area contributed by atoms with Crippen LogP contribution in [0.5, 0.6) is 0 Å². The third-order valence-electron chi connectivity index (χ3n) is 5.48. The van der Waals surface area contributed by atoms with E-state index >= 15 is 0 Å². The summed E-state index contributed by atoms with van der Waals surface area (Å²) in [6.07, 6.45) is -10.1. The molecule has 0 radical (unpaired) electrons. The highest BCUT2D eigenvalue weighted by molar-refractivity contribution is 7.92. The van der Waals surface area contributed by atoms with Gasteiger partial charge in [0.1, 0.15) is 0 Å². The smallest absolute Gasteiger partial charge is 0.372 e. The molecular formula is C25H23F6NO3S. The zero-order chi connectivity index (χ0) is 26.9. The molecule has 3 aromatic rings. The summed E-state index contributed by atoms with van der Waals surface area (Å²) in [5.41, 5.74) is -6.22. The van der Waals surface area contributed by atoms with E-state index in [9.17, 15) is 39.9 Å². The average Bonchev–Trinajstić information content (AvgIpc) is 2.81. The number of sulfonamides is 1. The van der Waals surface area contributed by atoms with E-state index in [1.54, 1.807) is 19.9 Å². The Hall–Kier alpha value is -3.05. The molecule has 1 atom stereocenters. The maximum atomic E-state index is 14.1. The molecule has 0 amide bonds. The number of halogens is 6. The molecule has 0 aliphatic rings. The zero-order valence-corrected chi connectivity index (χ0v) is 20.0. The molecule has 0 saturated carbocycles. The molecule has 0 heterocycles. The lowest BCUT2D eigenvalue weighted by atomic mass is 9.85. The molecule has 0 aliphatic carbocycles. The van der Waals surface area contributed by atoms with Gasteiger partial charge in [0.25, 0.3) is 10.0 Å². The van der Waals surface area contributed by atoms with E-state index < -0.39 is 44.7 Å². The first kappa shape index (κ1) is 27.5. The molecule has 0 saturated heterocycles. The summed E-state index contributed by atoms with van der Waals surface area (Å²) in [4.78, 5) is -0.00808. The number of anilines is 1. The minimum atomic E-state index is -5.29. The normalized spacial score (nSPS) is 14.5. The van der Waals surface area contributed by atoms with Crippen LogP contribution in [0.3, 0.4) is 0 Å². The van der Waals surface area contributed by atoms with Crippen LogP contribution in [0, 0.1) is 5.92 Å². The number of rotatable bonds is 7. The van der Waals surface area contributed by atoms with Crippen LogP contribution in [-0.4, -0.2) is 26.2 Å². The van der Waals surface area contributed by atoms with Crippen molar-refractivity contribution in [1.29, 1.82) is 0 Å². The summed E-state index contributed by atoms with van der Waals surface area (Å²) in [5, 5.41) is 10.8. The van der Waals surface area contributed by atoms with Crippen LogP contribution in [0.25, 0.3) is 0 Å². The van der Waals surface area contributed by atoms with E-state index in [1.807, 2.05) is 0 Å². The van der Waals surface area contributed by atoms with Crippen molar-refractivity contribution in [3.05, 3.63) is 95.6 Å². The van der Waals surface area contributed by atoms with Gasteiger partial charge in [-0.15, -0.1) is 0 Å². The number of hydrogen-bond donors (Lipinski definition) is 1. The van der Waals surface area contributed by atoms with Gasteiger partial charge in [0.2, 0.25) is 5.60 Å². The first-order valence-corrected chi connectivity index (χ1v) is 12.2. The van der Waals surface area contributed by atoms with Gasteiger partial charge in [0.15, 0.2) is 0 Å². The molecule has 194 valence electrons. The zero-order valence-electron chi connectivity index (χ0n) is 19.2. The number of hydrogen-bond acceptors (Lipinski definition) is 3. The van der Waals surface area contributed by atoms with Crippen molar-refractivity contribution in [3.63, 3.8) is 0 Å². The standard InChI is InChI=1S/C25H23F6NO3S/c1-17(2)16-32(36(34,35)22-6-4-3-5-7-22)21-14-12-19(13-15-21)23(33,25(29,30)31)18-8-10-20(11-9-18)24(26,27)28/h3-15,17,33H,16H2,1-2H3. The van der Waals surface area contributed by atoms with E-state index in [4.69, 9.17) is 0 Å². The number of alkyl halides is 6. The topological polar surface area (TPSA) is 57.6 Å². The number of benzene rings is 3. The Bertz CT molecular complexity index is 1270. The Morgan fingerprint density at radius 2 is 1.19 bits per heavy atom. The molecule has 0 aliphatic heterocycles. The van der Waals surface area contributed by atoms with Crippen LogP contribution in [0.15, 0.2) is 83.8 Å². The lowest BCUT2D eigenvalue weighted by molar-refractivity contribution is -0.248. The lowest BCUT2D eigenvalue weighted by Gasteiger charge is -2.32. The summed E-state index contributed by atoms with van der Waals surface area (Å²) >= 11 is 0. The van der Waals surface area contributed by atoms with E-state index in [2.05, 4.69) is 0 Å². The van der Waals surface area contributed by atoms with Gasteiger partial charge in [-0.3, -0.25) is 4.31 Å². The van der Waals surface area contributed by atoms with Crippen molar-refractivity contribution in [2.45, 2.75) is 36.7 Å². The molecule has 11 heteroatoms. The lowest BCUT2D eigenvalue weighted by Crippen LogP contribution is -2.43. The summed E-state index contributed by atoms with van der Waals surface area (Å²) in [6.45, 7) is 3.57. The number of aliphatic hydroxyl groups is 1. The highest BCUT2D eigenvalue weighted by Crippen LogP contribution is 2.45. The first-order valence-electron chi connectivity index (χ1n) is 10.7. The predicted molar refractivity (Wildman–Crippen MR) is 123 cm³/mol. The molecule has 4 nitrogen and oxygen atoms in total. The summed E-state index contributed by atoms with van der Waals surface area (Å²) in [7, 11) is -4.05. The second kappa shape index (κ2) is 9.78. The molecule has 0 aromatic heterocycles. The SMILES string of the molecule is CC(C)CN(c1ccc(C(O)(c2ccc(C(F)(F)F)cc2)C(F)(F)F)cc1)S(=O)(=O)c1ccccc1. The van der Waals surface area contributed by atoms with E-state index in [1.165, 1.54) is 24.3 Å². The Labute approximate surface area is 204 Å². The minimum absolute atomic E-state index is 0.00808. The van der Waals surface area contributed by atoms with Crippen molar-refractivity contribution < 1.29 is 39.9 Å². The highest BCUT2D eigenvalue weighted by Gasteiger charge is 2.56. The fraction of sp³-hybridized carbons (Fsp3) is 0.280. The molecule has 36 heavy (non-hydrogen) atoms. The Balaban J connectivity index is 2.08. The molecule has 1 unspecified atom stereocenters. The monoisotopic (exact) mass is 531 g/mol. The third kappa shape index (κ3) is 5.36. The molecule has 0 fully saturated rings. The van der Waals surface area contributed by atoms with Crippen LogP contribution >= 0.6 is 0 Å². The summed E-state index contributed by atoms with van der Waals surface area (Å²) < 4.78 is 108. The van der Waals surface area contributed by atoms with Gasteiger partial charge in [0, 0.05) is 6.54 Å². The van der Waals surface area contributed by atoms with Crippen molar-refractivity contribution in [2.24, 2.45) is 5.92 Å². The second-order valence-electron chi connectivity index (χ2n) is 8.57. The molecule has 1 N–H and O–H groups in total. The van der Waals surface area contributed by atoms with E-state index in [0.717, 1.165) is 28.6 Å². The quantitative estimate of drug-likeness (QED) is 0.361. The Morgan fingerprint density at radius 3 is 1.61 bits per heavy atom. The fourth-order valence-corrected chi connectivity index (χ4v) is 5.31. The van der Waals surface area contributed by atoms with Gasteiger partial charge in [-0.25, -0.2) is 8.42 Å². The van der Waals surface area contributed by atoms with Crippen LogP contribution in [0.2, 0.25) is 0 Å². The Kier molecular flexibility index (Phi) is 7.48. The minimum Gasteiger partial charge on any atom is -0.372 e. The van der Waals surface area contributed by atoms with Crippen molar-refractivity contribution in [2.75, 3.05) is 10.8 Å². The van der Waals surface area contributed by atoms with Gasteiger partial charge in [-0.1, -0.05) is 56.3 Å². The molecule has 3 rings (SSSR count). The maximum absolute atomic E-state index is 14.1. The fourth-order valence-electron chi connectivity index (χ4n) is 3.66. The predicted octanol–water partition coefficient (Wildman–Crippen LogP) is 6.35. The molecule has 0 bridgehead atoms. The van der Waals surface area contributed by atoms with Crippen molar-refractivity contribution >= 4 is 15.7 Å². The van der Waals surface area contributed by atoms with Crippen molar-refractivity contribution in [3.8, 4) is 0 Å². The first-order chi connectivity index (χ1) is 16.6. The maximum Gasteiger partial charge on any atom is 0.425 e. The van der Waals surface area contributed by atoms with Crippen molar-refractivity contribution in [1.82, 2.24) is 0 Å². The molecule has 3 aromatic carbocycles. The Morgan fingerprint density at radius 1 is 0.750 bits per heavy atom. The van der Waals surface area contributed by atoms with Gasteiger partial charge >= 0.3 is 12.4 Å². The summed E-state index contributed by atoms with van der Waals surface area (Å²) in [5.74, 6) is -0.137. The largest absolute Gasteiger partial charge is 0.425 e. The van der Waals surface area contributed by atoms with Gasteiger partial charge in [-0.2, -0.15) is 26.3 Å². The van der Waals surface area contributed by atoms with E-state index in [-0.39, 0.29) is 23.0 Å². The molecule has 0 spiro atoms. The third-order valence-corrected chi connectivity index (χ3v) is 7.28. The summed E-state index contributed by atoms with van der Waals surface area (Å²) in [6, 6.07) is 13.6. The van der Waals surface area contributed by atoms with Crippen LogP contribution in [-0.2, 0) is 21.8 Å². The average molecular weight is 532 g/mol. The molecular weight excluding hydrogens is 508 g/mol. The van der Waals surface area contributed by atoms with E-state index in [0.29, 0.717) is 24.3 Å².